The van der Waals surface area contributed by atoms with Crippen molar-refractivity contribution in [3.05, 3.63) is 12.2 Å². The molecule has 19 heavy (non-hydrogen) atoms. The van der Waals surface area contributed by atoms with Gasteiger partial charge in [-0.15, -0.1) is 0 Å². The predicted octanol–water partition coefficient (Wildman–Crippen LogP) is 0.564. The Morgan fingerprint density at radius 2 is 1.84 bits per heavy atom. The topological polar surface area (TPSA) is 58.6 Å². The summed E-state index contributed by atoms with van der Waals surface area (Å²) >= 11 is 0. The molecule has 2 unspecified atom stereocenters. The van der Waals surface area contributed by atoms with Gasteiger partial charge in [-0.25, -0.2) is 0 Å². The third-order valence-corrected chi connectivity index (χ3v) is 3.76. The SMILES string of the molecule is CCNC(=O)C1CC=CCC1C(=O)N1CCOCC1. The van der Waals surface area contributed by atoms with Crippen LogP contribution in [0.25, 0.3) is 0 Å². The van der Waals surface area contributed by atoms with E-state index in [1.165, 1.54) is 0 Å². The molecule has 0 saturated carbocycles. The zero-order valence-electron chi connectivity index (χ0n) is 11.4. The summed E-state index contributed by atoms with van der Waals surface area (Å²) in [5.41, 5.74) is 0. The number of carbonyl (C=O) groups excluding carboxylic acids is 2. The van der Waals surface area contributed by atoms with Crippen molar-refractivity contribution < 1.29 is 14.3 Å². The lowest BCUT2D eigenvalue weighted by molar-refractivity contribution is -0.145. The van der Waals surface area contributed by atoms with Crippen molar-refractivity contribution in [2.24, 2.45) is 11.8 Å². The highest BCUT2D eigenvalue weighted by Gasteiger charge is 2.36. The molecule has 106 valence electrons. The Morgan fingerprint density at radius 1 is 1.21 bits per heavy atom. The van der Waals surface area contributed by atoms with Crippen molar-refractivity contribution in [2.45, 2.75) is 19.8 Å². The lowest BCUT2D eigenvalue weighted by Gasteiger charge is -2.34. The maximum atomic E-state index is 12.5. The van der Waals surface area contributed by atoms with Crippen molar-refractivity contribution in [3.63, 3.8) is 0 Å². The number of hydrogen-bond acceptors (Lipinski definition) is 3. The number of allylic oxidation sites excluding steroid dienone is 2. The van der Waals surface area contributed by atoms with Gasteiger partial charge in [0.1, 0.15) is 0 Å². The van der Waals surface area contributed by atoms with E-state index < -0.39 is 0 Å². The second-order valence-electron chi connectivity index (χ2n) is 4.99. The Kier molecular flexibility index (Phi) is 4.96. The zero-order chi connectivity index (χ0) is 13.7. The van der Waals surface area contributed by atoms with E-state index in [1.807, 2.05) is 24.0 Å². The van der Waals surface area contributed by atoms with Crippen molar-refractivity contribution in [1.82, 2.24) is 10.2 Å². The molecule has 0 aromatic heterocycles. The highest BCUT2D eigenvalue weighted by molar-refractivity contribution is 5.88. The minimum atomic E-state index is -0.222. The molecule has 2 rings (SSSR count). The molecule has 0 bridgehead atoms. The summed E-state index contributed by atoms with van der Waals surface area (Å²) in [6.45, 7) is 4.98. The van der Waals surface area contributed by atoms with Crippen molar-refractivity contribution in [1.29, 1.82) is 0 Å². The highest BCUT2D eigenvalue weighted by atomic mass is 16.5. The average Bonchev–Trinajstić information content (AvgIpc) is 2.47. The largest absolute Gasteiger partial charge is 0.378 e. The van der Waals surface area contributed by atoms with Crippen LogP contribution in [0.3, 0.4) is 0 Å². The molecule has 2 aliphatic rings. The average molecular weight is 266 g/mol. The van der Waals surface area contributed by atoms with Gasteiger partial charge >= 0.3 is 0 Å². The van der Waals surface area contributed by atoms with Crippen LogP contribution < -0.4 is 5.32 Å². The van der Waals surface area contributed by atoms with Gasteiger partial charge in [-0.1, -0.05) is 12.2 Å². The molecule has 1 saturated heterocycles. The van der Waals surface area contributed by atoms with Crippen LogP contribution in [0.1, 0.15) is 19.8 Å². The Morgan fingerprint density at radius 3 is 2.47 bits per heavy atom. The number of amides is 2. The highest BCUT2D eigenvalue weighted by Crippen LogP contribution is 2.28. The summed E-state index contributed by atoms with van der Waals surface area (Å²) in [6, 6.07) is 0. The fourth-order valence-electron chi connectivity index (χ4n) is 2.70. The molecule has 0 aromatic carbocycles. The predicted molar refractivity (Wildman–Crippen MR) is 71.4 cm³/mol. The second-order valence-corrected chi connectivity index (χ2v) is 4.99. The molecule has 0 aromatic rings. The molecule has 1 fully saturated rings. The minimum absolute atomic E-state index is 0.00143. The number of morpholine rings is 1. The summed E-state index contributed by atoms with van der Waals surface area (Å²) in [7, 11) is 0. The third kappa shape index (κ3) is 3.35. The second kappa shape index (κ2) is 6.70. The van der Waals surface area contributed by atoms with Gasteiger partial charge in [0.05, 0.1) is 25.0 Å². The molecule has 0 radical (unpaired) electrons. The fraction of sp³-hybridized carbons (Fsp3) is 0.714. The van der Waals surface area contributed by atoms with E-state index in [1.54, 1.807) is 0 Å². The van der Waals surface area contributed by atoms with Gasteiger partial charge in [0, 0.05) is 19.6 Å². The van der Waals surface area contributed by atoms with Crippen LogP contribution in [-0.4, -0.2) is 49.6 Å². The first-order valence-electron chi connectivity index (χ1n) is 7.03. The molecule has 1 heterocycles. The van der Waals surface area contributed by atoms with Crippen LogP contribution in [0.5, 0.6) is 0 Å². The van der Waals surface area contributed by atoms with Gasteiger partial charge in [-0.3, -0.25) is 9.59 Å². The van der Waals surface area contributed by atoms with Gasteiger partial charge in [0.15, 0.2) is 0 Å². The maximum absolute atomic E-state index is 12.5. The molecule has 1 N–H and O–H groups in total. The lowest BCUT2D eigenvalue weighted by atomic mass is 9.81. The number of carbonyl (C=O) groups is 2. The maximum Gasteiger partial charge on any atom is 0.226 e. The van der Waals surface area contributed by atoms with E-state index in [9.17, 15) is 9.59 Å². The van der Waals surface area contributed by atoms with E-state index >= 15 is 0 Å². The van der Waals surface area contributed by atoms with Crippen LogP contribution >= 0.6 is 0 Å². The number of ether oxygens (including phenoxy) is 1. The number of nitrogens with zero attached hydrogens (tertiary/aromatic N) is 1. The van der Waals surface area contributed by atoms with Gasteiger partial charge in [0.25, 0.3) is 0 Å². The van der Waals surface area contributed by atoms with E-state index in [0.29, 0.717) is 45.7 Å². The smallest absolute Gasteiger partial charge is 0.226 e. The van der Waals surface area contributed by atoms with Gasteiger partial charge in [0.2, 0.25) is 11.8 Å². The van der Waals surface area contributed by atoms with Gasteiger partial charge in [-0.05, 0) is 19.8 Å². The summed E-state index contributed by atoms with van der Waals surface area (Å²) in [4.78, 5) is 26.4. The molecule has 5 heteroatoms. The molecule has 1 aliphatic heterocycles. The fourth-order valence-corrected chi connectivity index (χ4v) is 2.70. The van der Waals surface area contributed by atoms with E-state index in [2.05, 4.69) is 5.32 Å². The number of nitrogens with one attached hydrogen (secondary N) is 1. The zero-order valence-corrected chi connectivity index (χ0v) is 11.4. The van der Waals surface area contributed by atoms with Crippen LogP contribution in [0.4, 0.5) is 0 Å². The monoisotopic (exact) mass is 266 g/mol. The molecule has 2 atom stereocenters. The molecule has 5 nitrogen and oxygen atoms in total. The molecular weight excluding hydrogens is 244 g/mol. The van der Waals surface area contributed by atoms with Crippen LogP contribution in [0.2, 0.25) is 0 Å². The van der Waals surface area contributed by atoms with Crippen molar-refractivity contribution in [3.8, 4) is 0 Å². The summed E-state index contributed by atoms with van der Waals surface area (Å²) in [6.07, 6.45) is 5.34. The van der Waals surface area contributed by atoms with Crippen LogP contribution in [0.15, 0.2) is 12.2 Å². The minimum Gasteiger partial charge on any atom is -0.378 e. The molecule has 0 spiro atoms. The Bertz CT molecular complexity index is 362. The first-order chi connectivity index (χ1) is 9.24. The van der Waals surface area contributed by atoms with E-state index in [-0.39, 0.29) is 23.7 Å². The Balaban J connectivity index is 2.04. The molecular formula is C14H22N2O3. The third-order valence-electron chi connectivity index (χ3n) is 3.76. The van der Waals surface area contributed by atoms with Crippen molar-refractivity contribution in [2.75, 3.05) is 32.8 Å². The van der Waals surface area contributed by atoms with Crippen LogP contribution in [-0.2, 0) is 14.3 Å². The normalized spacial score (nSPS) is 27.1. The number of rotatable bonds is 3. The number of hydrogen-bond donors (Lipinski definition) is 1. The van der Waals surface area contributed by atoms with Gasteiger partial charge in [-0.2, -0.15) is 0 Å². The van der Waals surface area contributed by atoms with E-state index in [4.69, 9.17) is 4.74 Å². The Labute approximate surface area is 114 Å². The van der Waals surface area contributed by atoms with Crippen LogP contribution in [0, 0.1) is 11.8 Å². The summed E-state index contributed by atoms with van der Waals surface area (Å²) in [5.74, 6) is -0.336. The summed E-state index contributed by atoms with van der Waals surface area (Å²) < 4.78 is 5.26. The Hall–Kier alpha value is -1.36. The lowest BCUT2D eigenvalue weighted by Crippen LogP contribution is -2.48. The van der Waals surface area contributed by atoms with Crippen molar-refractivity contribution >= 4 is 11.8 Å². The first-order valence-corrected chi connectivity index (χ1v) is 7.03. The van der Waals surface area contributed by atoms with E-state index in [0.717, 1.165) is 0 Å². The quantitative estimate of drug-likeness (QED) is 0.760. The summed E-state index contributed by atoms with van der Waals surface area (Å²) in [5, 5.41) is 2.83. The molecule has 2 amide bonds. The van der Waals surface area contributed by atoms with Gasteiger partial charge < -0.3 is 15.0 Å². The first kappa shape index (κ1) is 14.1. The molecule has 1 aliphatic carbocycles. The standard InChI is InChI=1S/C14H22N2O3/c1-2-15-13(17)11-5-3-4-6-12(11)14(18)16-7-9-19-10-8-16/h3-4,11-12H,2,5-10H2,1H3,(H,15,17).